The van der Waals surface area contributed by atoms with E-state index in [2.05, 4.69) is 10.3 Å². The van der Waals surface area contributed by atoms with Gasteiger partial charge >= 0.3 is 0 Å². The Hall–Kier alpha value is -2.22. The molecule has 1 aromatic heterocycles. The zero-order valence-corrected chi connectivity index (χ0v) is 14.6. The van der Waals surface area contributed by atoms with Crippen LogP contribution in [-0.2, 0) is 17.8 Å². The van der Waals surface area contributed by atoms with Crippen LogP contribution in [0.3, 0.4) is 0 Å². The second-order valence-corrected chi connectivity index (χ2v) is 6.84. The minimum atomic E-state index is -0.833. The molecule has 1 amide bonds. The molecule has 1 aromatic carbocycles. The number of amides is 1. The molecule has 0 bridgehead atoms. The van der Waals surface area contributed by atoms with Gasteiger partial charge < -0.3 is 5.32 Å². The van der Waals surface area contributed by atoms with Crippen molar-refractivity contribution >= 4 is 23.4 Å². The van der Waals surface area contributed by atoms with Crippen LogP contribution >= 0.6 is 11.8 Å². The molecule has 3 rings (SSSR count). The van der Waals surface area contributed by atoms with E-state index >= 15 is 0 Å². The Labute approximate surface area is 147 Å². The van der Waals surface area contributed by atoms with Gasteiger partial charge in [0.15, 0.2) is 5.16 Å². The molecule has 0 radical (unpaired) electrons. The third kappa shape index (κ3) is 3.44. The molecule has 2 aromatic rings. The molecule has 132 valence electrons. The van der Waals surface area contributed by atoms with Gasteiger partial charge in [-0.3, -0.25) is 14.2 Å². The molecule has 1 N–H and O–H groups in total. The van der Waals surface area contributed by atoms with Crippen molar-refractivity contribution in [3.63, 3.8) is 0 Å². The summed E-state index contributed by atoms with van der Waals surface area (Å²) < 4.78 is 28.2. The lowest BCUT2D eigenvalue weighted by Gasteiger charge is -2.25. The van der Waals surface area contributed by atoms with E-state index in [1.165, 1.54) is 22.4 Å². The zero-order chi connectivity index (χ0) is 18.1. The molecule has 2 heterocycles. The average Bonchev–Trinajstić information content (AvgIpc) is 2.57. The van der Waals surface area contributed by atoms with Gasteiger partial charge in [-0.1, -0.05) is 18.7 Å². The minimum Gasteiger partial charge on any atom is -0.323 e. The van der Waals surface area contributed by atoms with Crippen LogP contribution < -0.4 is 10.9 Å². The lowest BCUT2D eigenvalue weighted by Crippen LogP contribution is -2.38. The first-order valence-corrected chi connectivity index (χ1v) is 8.88. The maximum atomic E-state index is 13.7. The van der Waals surface area contributed by atoms with Gasteiger partial charge in [0.05, 0.1) is 11.6 Å². The van der Waals surface area contributed by atoms with E-state index in [9.17, 15) is 18.4 Å². The SMILES string of the molecule is CCc1c(C)nc2n(c1=O)CC(C(=O)Nc1ccc(F)cc1F)CS2. The lowest BCUT2D eigenvalue weighted by molar-refractivity contribution is -0.119. The number of hydrogen-bond acceptors (Lipinski definition) is 4. The fraction of sp³-hybridized carbons (Fsp3) is 0.353. The van der Waals surface area contributed by atoms with Crippen LogP contribution in [-0.4, -0.2) is 21.2 Å². The van der Waals surface area contributed by atoms with Gasteiger partial charge in [-0.15, -0.1) is 0 Å². The highest BCUT2D eigenvalue weighted by Crippen LogP contribution is 2.27. The molecule has 25 heavy (non-hydrogen) atoms. The third-order valence-corrected chi connectivity index (χ3v) is 5.30. The maximum Gasteiger partial charge on any atom is 0.257 e. The number of aromatic nitrogens is 2. The van der Waals surface area contributed by atoms with Crippen LogP contribution in [0.25, 0.3) is 0 Å². The third-order valence-electron chi connectivity index (χ3n) is 4.16. The number of nitrogens with one attached hydrogen (secondary N) is 1. The fourth-order valence-corrected chi connectivity index (χ4v) is 3.91. The summed E-state index contributed by atoms with van der Waals surface area (Å²) in [4.78, 5) is 29.4. The van der Waals surface area contributed by atoms with Crippen molar-refractivity contribution in [3.05, 3.63) is 51.4 Å². The topological polar surface area (TPSA) is 64.0 Å². The molecular formula is C17H17F2N3O2S. The summed E-state index contributed by atoms with van der Waals surface area (Å²) in [6.07, 6.45) is 0.570. The van der Waals surface area contributed by atoms with Gasteiger partial charge in [-0.2, -0.15) is 0 Å². The zero-order valence-electron chi connectivity index (χ0n) is 13.8. The number of nitrogens with zero attached hydrogens (tertiary/aromatic N) is 2. The van der Waals surface area contributed by atoms with Crippen LogP contribution in [0.15, 0.2) is 28.2 Å². The van der Waals surface area contributed by atoms with Crippen LogP contribution in [0.4, 0.5) is 14.5 Å². The van der Waals surface area contributed by atoms with E-state index < -0.39 is 23.5 Å². The number of benzene rings is 1. The Morgan fingerprint density at radius 3 is 2.88 bits per heavy atom. The largest absolute Gasteiger partial charge is 0.323 e. The molecule has 0 saturated carbocycles. The molecule has 8 heteroatoms. The summed E-state index contributed by atoms with van der Waals surface area (Å²) in [7, 11) is 0. The van der Waals surface area contributed by atoms with Crippen LogP contribution in [0.1, 0.15) is 18.2 Å². The molecule has 0 saturated heterocycles. The standard InChI is InChI=1S/C17H17F2N3O2S/c1-3-12-9(2)20-17-22(16(12)24)7-10(8-25-17)15(23)21-14-5-4-11(18)6-13(14)19/h4-6,10H,3,7-8H2,1-2H3,(H,21,23). The van der Waals surface area contributed by atoms with E-state index in [1.54, 1.807) is 6.92 Å². The Bertz CT molecular complexity index is 898. The first kappa shape index (κ1) is 17.6. The highest BCUT2D eigenvalue weighted by Gasteiger charge is 2.28. The van der Waals surface area contributed by atoms with Gasteiger partial charge in [0, 0.05) is 29.6 Å². The Balaban J connectivity index is 1.82. The molecule has 1 unspecified atom stereocenters. The van der Waals surface area contributed by atoms with E-state index in [4.69, 9.17) is 0 Å². The number of thioether (sulfide) groups is 1. The predicted octanol–water partition coefficient (Wildman–Crippen LogP) is 2.75. The van der Waals surface area contributed by atoms with Gasteiger partial charge in [-0.05, 0) is 25.5 Å². The van der Waals surface area contributed by atoms with Crippen molar-refractivity contribution in [3.8, 4) is 0 Å². The summed E-state index contributed by atoms with van der Waals surface area (Å²) in [5.41, 5.74) is 1.13. The Kier molecular flexibility index (Phi) is 4.89. The van der Waals surface area contributed by atoms with Gasteiger partial charge in [0.1, 0.15) is 11.6 Å². The molecule has 1 atom stereocenters. The Morgan fingerprint density at radius 1 is 1.44 bits per heavy atom. The number of fused-ring (bicyclic) bond motifs is 1. The Morgan fingerprint density at radius 2 is 2.20 bits per heavy atom. The summed E-state index contributed by atoms with van der Waals surface area (Å²) in [5, 5.41) is 3.06. The molecule has 1 aliphatic rings. The average molecular weight is 365 g/mol. The number of carbonyl (C=O) groups is 1. The smallest absolute Gasteiger partial charge is 0.257 e. The number of rotatable bonds is 3. The quantitative estimate of drug-likeness (QED) is 0.850. The molecule has 0 fully saturated rings. The van der Waals surface area contributed by atoms with Crippen LogP contribution in [0.5, 0.6) is 0 Å². The van der Waals surface area contributed by atoms with Gasteiger partial charge in [0.2, 0.25) is 5.91 Å². The fourth-order valence-electron chi connectivity index (χ4n) is 2.79. The predicted molar refractivity (Wildman–Crippen MR) is 91.8 cm³/mol. The maximum absolute atomic E-state index is 13.7. The number of carbonyl (C=O) groups excluding carboxylic acids is 1. The van der Waals surface area contributed by atoms with Crippen molar-refractivity contribution < 1.29 is 13.6 Å². The van der Waals surface area contributed by atoms with E-state index in [1.807, 2.05) is 6.92 Å². The minimum absolute atomic E-state index is 0.0779. The first-order chi connectivity index (χ1) is 11.9. The van der Waals surface area contributed by atoms with Gasteiger partial charge in [-0.25, -0.2) is 13.8 Å². The number of anilines is 1. The van der Waals surface area contributed by atoms with Crippen molar-refractivity contribution in [1.82, 2.24) is 9.55 Å². The normalized spacial score (nSPS) is 16.4. The van der Waals surface area contributed by atoms with Crippen molar-refractivity contribution in [2.75, 3.05) is 11.1 Å². The number of halogens is 2. The molecule has 5 nitrogen and oxygen atoms in total. The van der Waals surface area contributed by atoms with Crippen molar-refractivity contribution in [1.29, 1.82) is 0 Å². The second kappa shape index (κ2) is 6.95. The summed E-state index contributed by atoms with van der Waals surface area (Å²) >= 11 is 1.33. The highest BCUT2D eigenvalue weighted by molar-refractivity contribution is 7.99. The summed E-state index contributed by atoms with van der Waals surface area (Å²) in [5.74, 6) is -2.02. The lowest BCUT2D eigenvalue weighted by atomic mass is 10.1. The van der Waals surface area contributed by atoms with E-state index in [0.29, 0.717) is 34.7 Å². The molecule has 1 aliphatic heterocycles. The monoisotopic (exact) mass is 365 g/mol. The van der Waals surface area contributed by atoms with E-state index in [0.717, 1.165) is 6.07 Å². The summed E-state index contributed by atoms with van der Waals surface area (Å²) in [6.45, 7) is 3.88. The van der Waals surface area contributed by atoms with Crippen LogP contribution in [0.2, 0.25) is 0 Å². The van der Waals surface area contributed by atoms with Crippen molar-refractivity contribution in [2.24, 2.45) is 5.92 Å². The van der Waals surface area contributed by atoms with Crippen LogP contribution in [0, 0.1) is 24.5 Å². The summed E-state index contributed by atoms with van der Waals surface area (Å²) in [6, 6.07) is 2.97. The van der Waals surface area contributed by atoms with Crippen molar-refractivity contribution in [2.45, 2.75) is 32.0 Å². The highest BCUT2D eigenvalue weighted by atomic mass is 32.2. The molecule has 0 aliphatic carbocycles. The number of hydrogen-bond donors (Lipinski definition) is 1. The van der Waals surface area contributed by atoms with E-state index in [-0.39, 0.29) is 17.8 Å². The second-order valence-electron chi connectivity index (χ2n) is 5.85. The first-order valence-electron chi connectivity index (χ1n) is 7.89. The number of aryl methyl sites for hydroxylation is 1. The molecular weight excluding hydrogens is 348 g/mol. The van der Waals surface area contributed by atoms with Gasteiger partial charge in [0.25, 0.3) is 5.56 Å². The molecule has 0 spiro atoms.